The smallest absolute Gasteiger partial charge is 0.251 e. The lowest BCUT2D eigenvalue weighted by atomic mass is 10.1. The molecule has 2 fully saturated rings. The van der Waals surface area contributed by atoms with E-state index in [0.29, 0.717) is 11.6 Å². The van der Waals surface area contributed by atoms with Gasteiger partial charge < -0.3 is 15.4 Å². The molecule has 1 aliphatic heterocycles. The van der Waals surface area contributed by atoms with Gasteiger partial charge in [0, 0.05) is 11.6 Å². The van der Waals surface area contributed by atoms with Gasteiger partial charge in [-0.3, -0.25) is 4.79 Å². The standard InChI is InChI=1S/C16H22N2O2/c19-16(18-14-7-9-17-10-8-14)13-3-5-15(6-4-13)20-11-12-1-2-12/h3-6,12,14,17H,1-2,7-11H2,(H,18,19). The van der Waals surface area contributed by atoms with E-state index < -0.39 is 0 Å². The minimum Gasteiger partial charge on any atom is -0.493 e. The van der Waals surface area contributed by atoms with Gasteiger partial charge in [0.05, 0.1) is 6.61 Å². The molecule has 2 N–H and O–H groups in total. The van der Waals surface area contributed by atoms with Crippen molar-refractivity contribution >= 4 is 5.91 Å². The Morgan fingerprint density at radius 1 is 1.15 bits per heavy atom. The molecule has 3 rings (SSSR count). The molecule has 4 nitrogen and oxygen atoms in total. The highest BCUT2D eigenvalue weighted by Crippen LogP contribution is 2.29. The zero-order chi connectivity index (χ0) is 13.8. The number of amides is 1. The van der Waals surface area contributed by atoms with Crippen molar-refractivity contribution in [2.45, 2.75) is 31.7 Å². The number of carbonyl (C=O) groups excluding carboxylic acids is 1. The van der Waals surface area contributed by atoms with E-state index in [0.717, 1.165) is 44.2 Å². The van der Waals surface area contributed by atoms with E-state index in [1.165, 1.54) is 12.8 Å². The molecule has 20 heavy (non-hydrogen) atoms. The molecule has 0 aromatic heterocycles. The van der Waals surface area contributed by atoms with E-state index >= 15 is 0 Å². The predicted octanol–water partition coefficient (Wildman–Crippen LogP) is 1.96. The van der Waals surface area contributed by atoms with E-state index in [4.69, 9.17) is 4.74 Å². The van der Waals surface area contributed by atoms with Gasteiger partial charge in [-0.2, -0.15) is 0 Å². The van der Waals surface area contributed by atoms with Crippen LogP contribution in [-0.4, -0.2) is 31.6 Å². The summed E-state index contributed by atoms with van der Waals surface area (Å²) < 4.78 is 5.67. The number of hydrogen-bond donors (Lipinski definition) is 2. The minimum atomic E-state index is 0.0191. The number of benzene rings is 1. The number of piperidine rings is 1. The van der Waals surface area contributed by atoms with Crippen molar-refractivity contribution in [3.05, 3.63) is 29.8 Å². The average Bonchev–Trinajstić information content (AvgIpc) is 3.31. The van der Waals surface area contributed by atoms with Gasteiger partial charge in [0.1, 0.15) is 5.75 Å². The van der Waals surface area contributed by atoms with Gasteiger partial charge in [0.2, 0.25) is 0 Å². The zero-order valence-corrected chi connectivity index (χ0v) is 11.7. The normalized spacial score (nSPS) is 19.6. The molecule has 0 unspecified atom stereocenters. The molecule has 108 valence electrons. The van der Waals surface area contributed by atoms with Gasteiger partial charge in [-0.05, 0) is 69.0 Å². The first-order chi connectivity index (χ1) is 9.81. The predicted molar refractivity (Wildman–Crippen MR) is 78.0 cm³/mol. The maximum Gasteiger partial charge on any atom is 0.251 e. The van der Waals surface area contributed by atoms with E-state index in [-0.39, 0.29) is 5.91 Å². The minimum absolute atomic E-state index is 0.0191. The van der Waals surface area contributed by atoms with Crippen molar-refractivity contribution in [1.82, 2.24) is 10.6 Å². The van der Waals surface area contributed by atoms with Crippen LogP contribution >= 0.6 is 0 Å². The summed E-state index contributed by atoms with van der Waals surface area (Å²) in [5.41, 5.74) is 0.710. The summed E-state index contributed by atoms with van der Waals surface area (Å²) in [5.74, 6) is 1.62. The number of nitrogens with one attached hydrogen (secondary N) is 2. The van der Waals surface area contributed by atoms with Gasteiger partial charge in [0.25, 0.3) is 5.91 Å². The molecule has 1 amide bonds. The van der Waals surface area contributed by atoms with Crippen LogP contribution in [0.4, 0.5) is 0 Å². The Morgan fingerprint density at radius 2 is 1.85 bits per heavy atom. The first-order valence-corrected chi connectivity index (χ1v) is 7.56. The molecule has 2 aliphatic rings. The third-order valence-corrected chi connectivity index (χ3v) is 3.97. The Bertz CT molecular complexity index is 448. The molecule has 1 aromatic carbocycles. The van der Waals surface area contributed by atoms with E-state index in [1.807, 2.05) is 24.3 Å². The Labute approximate surface area is 119 Å². The molecule has 1 aliphatic carbocycles. The summed E-state index contributed by atoms with van der Waals surface area (Å²) >= 11 is 0. The first-order valence-electron chi connectivity index (χ1n) is 7.56. The third kappa shape index (κ3) is 3.73. The summed E-state index contributed by atoms with van der Waals surface area (Å²) in [4.78, 5) is 12.1. The van der Waals surface area contributed by atoms with Crippen LogP contribution in [0, 0.1) is 5.92 Å². The highest BCUT2D eigenvalue weighted by Gasteiger charge is 2.22. The Hall–Kier alpha value is -1.55. The second-order valence-electron chi connectivity index (χ2n) is 5.78. The van der Waals surface area contributed by atoms with Gasteiger partial charge in [-0.25, -0.2) is 0 Å². The summed E-state index contributed by atoms with van der Waals surface area (Å²) in [7, 11) is 0. The zero-order valence-electron chi connectivity index (χ0n) is 11.7. The number of carbonyl (C=O) groups is 1. The summed E-state index contributed by atoms with van der Waals surface area (Å²) in [5, 5.41) is 6.39. The maximum absolute atomic E-state index is 12.1. The van der Waals surface area contributed by atoms with Crippen LogP contribution in [0.25, 0.3) is 0 Å². The average molecular weight is 274 g/mol. The molecule has 0 radical (unpaired) electrons. The molecular formula is C16H22N2O2. The molecule has 1 saturated heterocycles. The summed E-state index contributed by atoms with van der Waals surface area (Å²) in [6.45, 7) is 2.78. The first kappa shape index (κ1) is 13.4. The molecule has 0 bridgehead atoms. The Balaban J connectivity index is 1.51. The summed E-state index contributed by atoms with van der Waals surface area (Å²) in [6, 6.07) is 7.77. The molecule has 0 atom stereocenters. The SMILES string of the molecule is O=C(NC1CCNCC1)c1ccc(OCC2CC2)cc1. The second-order valence-corrected chi connectivity index (χ2v) is 5.78. The molecular weight excluding hydrogens is 252 g/mol. The van der Waals surface area contributed by atoms with Crippen molar-refractivity contribution in [2.24, 2.45) is 5.92 Å². The fraction of sp³-hybridized carbons (Fsp3) is 0.562. The lowest BCUT2D eigenvalue weighted by molar-refractivity contribution is 0.0929. The van der Waals surface area contributed by atoms with Crippen LogP contribution in [0.15, 0.2) is 24.3 Å². The summed E-state index contributed by atoms with van der Waals surface area (Å²) in [6.07, 6.45) is 4.59. The Kier molecular flexibility index (Phi) is 4.21. The van der Waals surface area contributed by atoms with E-state index in [9.17, 15) is 4.79 Å². The topological polar surface area (TPSA) is 50.4 Å². The van der Waals surface area contributed by atoms with Gasteiger partial charge in [-0.1, -0.05) is 0 Å². The van der Waals surface area contributed by atoms with Gasteiger partial charge >= 0.3 is 0 Å². The van der Waals surface area contributed by atoms with Gasteiger partial charge in [-0.15, -0.1) is 0 Å². The van der Waals surface area contributed by atoms with Crippen molar-refractivity contribution in [3.63, 3.8) is 0 Å². The van der Waals surface area contributed by atoms with Crippen molar-refractivity contribution < 1.29 is 9.53 Å². The maximum atomic E-state index is 12.1. The molecule has 1 aromatic rings. The molecule has 4 heteroatoms. The van der Waals surface area contributed by atoms with Crippen molar-refractivity contribution in [2.75, 3.05) is 19.7 Å². The number of hydrogen-bond acceptors (Lipinski definition) is 3. The number of rotatable bonds is 5. The van der Waals surface area contributed by atoms with Crippen molar-refractivity contribution in [3.8, 4) is 5.75 Å². The van der Waals surface area contributed by atoms with Crippen LogP contribution in [0.5, 0.6) is 5.75 Å². The van der Waals surface area contributed by atoms with E-state index in [1.54, 1.807) is 0 Å². The van der Waals surface area contributed by atoms with Crippen molar-refractivity contribution in [1.29, 1.82) is 0 Å². The second kappa shape index (κ2) is 6.27. The monoisotopic (exact) mass is 274 g/mol. The van der Waals surface area contributed by atoms with Crippen LogP contribution in [-0.2, 0) is 0 Å². The van der Waals surface area contributed by atoms with Gasteiger partial charge in [0.15, 0.2) is 0 Å². The molecule has 0 spiro atoms. The largest absolute Gasteiger partial charge is 0.493 e. The fourth-order valence-corrected chi connectivity index (χ4v) is 2.44. The molecule has 1 heterocycles. The third-order valence-electron chi connectivity index (χ3n) is 3.97. The van der Waals surface area contributed by atoms with Crippen LogP contribution in [0.2, 0.25) is 0 Å². The van der Waals surface area contributed by atoms with E-state index in [2.05, 4.69) is 10.6 Å². The van der Waals surface area contributed by atoms with Crippen LogP contribution in [0.3, 0.4) is 0 Å². The quantitative estimate of drug-likeness (QED) is 0.863. The molecule has 1 saturated carbocycles. The lowest BCUT2D eigenvalue weighted by Crippen LogP contribution is -2.42. The lowest BCUT2D eigenvalue weighted by Gasteiger charge is -2.23. The highest BCUT2D eigenvalue weighted by atomic mass is 16.5. The van der Waals surface area contributed by atoms with Crippen LogP contribution < -0.4 is 15.4 Å². The number of ether oxygens (including phenoxy) is 1. The van der Waals surface area contributed by atoms with Crippen LogP contribution in [0.1, 0.15) is 36.0 Å². The highest BCUT2D eigenvalue weighted by molar-refractivity contribution is 5.94. The Morgan fingerprint density at radius 3 is 2.50 bits per heavy atom. The fourth-order valence-electron chi connectivity index (χ4n) is 2.44.